The van der Waals surface area contributed by atoms with Crippen molar-refractivity contribution in [3.63, 3.8) is 0 Å². The van der Waals surface area contributed by atoms with E-state index in [1.807, 2.05) is 12.3 Å². The highest BCUT2D eigenvalue weighted by molar-refractivity contribution is 9.10. The Kier molecular flexibility index (Phi) is 4.38. The Bertz CT molecular complexity index is 597. The molecule has 0 bridgehead atoms. The van der Waals surface area contributed by atoms with Gasteiger partial charge in [0.25, 0.3) is 0 Å². The fourth-order valence-corrected chi connectivity index (χ4v) is 2.30. The van der Waals surface area contributed by atoms with Crippen molar-refractivity contribution in [2.24, 2.45) is 0 Å². The molecule has 1 aromatic heterocycles. The van der Waals surface area contributed by atoms with Gasteiger partial charge in [0.15, 0.2) is 0 Å². The Balaban J connectivity index is 2.22. The van der Waals surface area contributed by atoms with E-state index in [4.69, 9.17) is 0 Å². The Morgan fingerprint density at radius 3 is 2.79 bits per heavy atom. The van der Waals surface area contributed by atoms with Gasteiger partial charge in [-0.2, -0.15) is 0 Å². The number of rotatable bonds is 3. The summed E-state index contributed by atoms with van der Waals surface area (Å²) in [6, 6.07) is 8.20. The van der Waals surface area contributed by atoms with Crippen molar-refractivity contribution in [2.45, 2.75) is 26.3 Å². The van der Waals surface area contributed by atoms with Gasteiger partial charge in [0.2, 0.25) is 0 Å². The van der Waals surface area contributed by atoms with Crippen LogP contribution in [0.25, 0.3) is 17.0 Å². The molecular weight excluding hydrogens is 300 g/mol. The van der Waals surface area contributed by atoms with Crippen molar-refractivity contribution in [2.75, 3.05) is 6.54 Å². The van der Waals surface area contributed by atoms with E-state index < -0.39 is 0 Å². The Morgan fingerprint density at radius 2 is 2.05 bits per heavy atom. The maximum absolute atomic E-state index is 4.47. The van der Waals surface area contributed by atoms with E-state index in [1.54, 1.807) is 0 Å². The molecular formula is C16H19BrN2. The fraction of sp³-hybridized carbons (Fsp3) is 0.312. The van der Waals surface area contributed by atoms with E-state index in [-0.39, 0.29) is 5.54 Å². The topological polar surface area (TPSA) is 24.9 Å². The average Bonchev–Trinajstić information content (AvgIpc) is 2.36. The second-order valence-electron chi connectivity index (χ2n) is 5.57. The molecule has 1 aromatic carbocycles. The molecule has 3 heteroatoms. The minimum absolute atomic E-state index is 0.143. The average molecular weight is 319 g/mol. The van der Waals surface area contributed by atoms with Gasteiger partial charge in [0.05, 0.1) is 5.52 Å². The SMILES string of the molecule is CC(C)(C)NC/C=C/c1ccc(Br)c2cccnc12. The van der Waals surface area contributed by atoms with Crippen molar-refractivity contribution in [1.29, 1.82) is 0 Å². The number of fused-ring (bicyclic) bond motifs is 1. The van der Waals surface area contributed by atoms with Crippen molar-refractivity contribution in [1.82, 2.24) is 10.3 Å². The maximum Gasteiger partial charge on any atom is 0.0785 e. The number of nitrogens with one attached hydrogen (secondary N) is 1. The van der Waals surface area contributed by atoms with E-state index >= 15 is 0 Å². The van der Waals surface area contributed by atoms with Crippen LogP contribution in [-0.4, -0.2) is 17.1 Å². The number of hydrogen-bond donors (Lipinski definition) is 1. The summed E-state index contributed by atoms with van der Waals surface area (Å²) in [6.45, 7) is 7.35. The highest BCUT2D eigenvalue weighted by Gasteiger charge is 2.06. The summed E-state index contributed by atoms with van der Waals surface area (Å²) in [7, 11) is 0. The fourth-order valence-electron chi connectivity index (χ4n) is 1.85. The van der Waals surface area contributed by atoms with E-state index in [0.717, 1.165) is 27.5 Å². The smallest absolute Gasteiger partial charge is 0.0785 e. The number of benzene rings is 1. The number of hydrogen-bond acceptors (Lipinski definition) is 2. The number of halogens is 1. The molecule has 0 aliphatic heterocycles. The molecule has 0 spiro atoms. The minimum atomic E-state index is 0.143. The monoisotopic (exact) mass is 318 g/mol. The van der Waals surface area contributed by atoms with Crippen LogP contribution in [-0.2, 0) is 0 Å². The summed E-state index contributed by atoms with van der Waals surface area (Å²) in [4.78, 5) is 4.47. The van der Waals surface area contributed by atoms with Crippen LogP contribution in [0.4, 0.5) is 0 Å². The highest BCUT2D eigenvalue weighted by atomic mass is 79.9. The zero-order valence-electron chi connectivity index (χ0n) is 11.6. The Morgan fingerprint density at radius 1 is 1.26 bits per heavy atom. The maximum atomic E-state index is 4.47. The molecule has 1 heterocycles. The van der Waals surface area contributed by atoms with E-state index in [0.29, 0.717) is 0 Å². The van der Waals surface area contributed by atoms with Gasteiger partial charge in [-0.15, -0.1) is 0 Å². The summed E-state index contributed by atoms with van der Waals surface area (Å²) >= 11 is 3.56. The molecule has 0 fully saturated rings. The number of pyridine rings is 1. The van der Waals surface area contributed by atoms with Crippen molar-refractivity contribution >= 4 is 32.9 Å². The third-order valence-corrected chi connectivity index (χ3v) is 3.49. The van der Waals surface area contributed by atoms with Gasteiger partial charge in [-0.1, -0.05) is 40.2 Å². The first-order chi connectivity index (χ1) is 8.97. The summed E-state index contributed by atoms with van der Waals surface area (Å²) < 4.78 is 1.08. The summed E-state index contributed by atoms with van der Waals surface area (Å²) in [5.41, 5.74) is 2.32. The van der Waals surface area contributed by atoms with Gasteiger partial charge in [0.1, 0.15) is 0 Å². The van der Waals surface area contributed by atoms with Gasteiger partial charge < -0.3 is 5.32 Å². The molecule has 0 saturated heterocycles. The van der Waals surface area contributed by atoms with Gasteiger partial charge in [-0.05, 0) is 32.9 Å². The Labute approximate surface area is 123 Å². The molecule has 2 nitrogen and oxygen atoms in total. The van der Waals surface area contributed by atoms with Crippen LogP contribution in [0.3, 0.4) is 0 Å². The lowest BCUT2D eigenvalue weighted by Gasteiger charge is -2.18. The first-order valence-electron chi connectivity index (χ1n) is 6.42. The number of aromatic nitrogens is 1. The van der Waals surface area contributed by atoms with Gasteiger partial charge in [0, 0.05) is 33.7 Å². The normalized spacial score (nSPS) is 12.4. The third-order valence-electron chi connectivity index (χ3n) is 2.80. The van der Waals surface area contributed by atoms with E-state index in [9.17, 15) is 0 Å². The first kappa shape index (κ1) is 14.2. The summed E-state index contributed by atoms with van der Waals surface area (Å²) in [5, 5.41) is 4.58. The highest BCUT2D eigenvalue weighted by Crippen LogP contribution is 2.25. The van der Waals surface area contributed by atoms with Gasteiger partial charge in [-0.25, -0.2) is 0 Å². The summed E-state index contributed by atoms with van der Waals surface area (Å²) in [6.07, 6.45) is 6.10. The molecule has 0 atom stereocenters. The standard InChI is InChI=1S/C16H19BrN2/c1-16(2,3)19-11-4-6-12-8-9-14(17)13-7-5-10-18-15(12)13/h4-10,19H,11H2,1-3H3/b6-4+. The molecule has 100 valence electrons. The van der Waals surface area contributed by atoms with E-state index in [2.05, 4.69) is 77.4 Å². The molecule has 0 aliphatic carbocycles. The van der Waals surface area contributed by atoms with Crippen LogP contribution in [0.5, 0.6) is 0 Å². The van der Waals surface area contributed by atoms with Crippen LogP contribution in [0.15, 0.2) is 41.0 Å². The molecule has 0 aliphatic rings. The quantitative estimate of drug-likeness (QED) is 0.907. The zero-order valence-corrected chi connectivity index (χ0v) is 13.2. The molecule has 0 radical (unpaired) electrons. The molecule has 0 saturated carbocycles. The van der Waals surface area contributed by atoms with E-state index in [1.165, 1.54) is 0 Å². The van der Waals surface area contributed by atoms with Crippen LogP contribution < -0.4 is 5.32 Å². The van der Waals surface area contributed by atoms with Gasteiger partial charge in [-0.3, -0.25) is 4.98 Å². The van der Waals surface area contributed by atoms with Crippen LogP contribution in [0.1, 0.15) is 26.3 Å². The molecule has 0 amide bonds. The predicted molar refractivity (Wildman–Crippen MR) is 86.2 cm³/mol. The lowest BCUT2D eigenvalue weighted by Crippen LogP contribution is -2.35. The number of nitrogens with zero attached hydrogens (tertiary/aromatic N) is 1. The molecule has 0 unspecified atom stereocenters. The Hall–Kier alpha value is -1.19. The van der Waals surface area contributed by atoms with Crippen LogP contribution >= 0.6 is 15.9 Å². The lowest BCUT2D eigenvalue weighted by molar-refractivity contribution is 0.450. The second kappa shape index (κ2) is 5.85. The third kappa shape index (κ3) is 3.88. The molecule has 2 rings (SSSR count). The molecule has 2 aromatic rings. The van der Waals surface area contributed by atoms with Crippen molar-refractivity contribution in [3.05, 3.63) is 46.6 Å². The molecule has 1 N–H and O–H groups in total. The van der Waals surface area contributed by atoms with Crippen molar-refractivity contribution in [3.8, 4) is 0 Å². The van der Waals surface area contributed by atoms with Crippen LogP contribution in [0, 0.1) is 0 Å². The lowest BCUT2D eigenvalue weighted by atomic mass is 10.1. The molecule has 19 heavy (non-hydrogen) atoms. The van der Waals surface area contributed by atoms with Gasteiger partial charge >= 0.3 is 0 Å². The zero-order chi connectivity index (χ0) is 13.9. The van der Waals surface area contributed by atoms with Crippen molar-refractivity contribution < 1.29 is 0 Å². The van der Waals surface area contributed by atoms with Crippen LogP contribution in [0.2, 0.25) is 0 Å². The largest absolute Gasteiger partial charge is 0.309 e. The summed E-state index contributed by atoms with van der Waals surface area (Å²) in [5.74, 6) is 0. The minimum Gasteiger partial charge on any atom is -0.309 e. The predicted octanol–water partition coefficient (Wildman–Crippen LogP) is 4.40. The second-order valence-corrected chi connectivity index (χ2v) is 6.42. The first-order valence-corrected chi connectivity index (χ1v) is 7.21.